The standard InChI is InChI=1S/C14H24N4/c1-5-11-12(15-4)16-9-17-13(11)18-10-6-7-14(2,3)8-10/h9-10H,5-8H2,1-4H3,(H2,15,16,17,18). The lowest BCUT2D eigenvalue weighted by Gasteiger charge is -2.20. The van der Waals surface area contributed by atoms with Crippen LogP contribution < -0.4 is 10.6 Å². The first-order valence-corrected chi connectivity index (χ1v) is 6.84. The fourth-order valence-corrected chi connectivity index (χ4v) is 2.84. The average molecular weight is 248 g/mol. The number of nitrogens with zero attached hydrogens (tertiary/aromatic N) is 2. The summed E-state index contributed by atoms with van der Waals surface area (Å²) in [5, 5.41) is 6.74. The summed E-state index contributed by atoms with van der Waals surface area (Å²) in [6.45, 7) is 6.83. The van der Waals surface area contributed by atoms with Gasteiger partial charge in [-0.05, 0) is 31.1 Å². The summed E-state index contributed by atoms with van der Waals surface area (Å²) in [5.74, 6) is 1.94. The minimum Gasteiger partial charge on any atom is -0.373 e. The Morgan fingerprint density at radius 3 is 2.61 bits per heavy atom. The highest BCUT2D eigenvalue weighted by atomic mass is 15.1. The lowest BCUT2D eigenvalue weighted by Crippen LogP contribution is -2.20. The maximum absolute atomic E-state index is 4.41. The number of nitrogens with one attached hydrogen (secondary N) is 2. The van der Waals surface area contributed by atoms with Gasteiger partial charge in [-0.2, -0.15) is 0 Å². The van der Waals surface area contributed by atoms with Crippen LogP contribution in [0, 0.1) is 5.41 Å². The molecule has 1 aliphatic rings. The van der Waals surface area contributed by atoms with Crippen molar-refractivity contribution < 1.29 is 0 Å². The number of hydrogen-bond donors (Lipinski definition) is 2. The molecule has 1 saturated carbocycles. The van der Waals surface area contributed by atoms with Crippen LogP contribution in [0.3, 0.4) is 0 Å². The van der Waals surface area contributed by atoms with Crippen molar-refractivity contribution in [2.75, 3.05) is 17.7 Å². The molecule has 0 saturated heterocycles. The van der Waals surface area contributed by atoms with Gasteiger partial charge in [0.25, 0.3) is 0 Å². The highest BCUT2D eigenvalue weighted by Gasteiger charge is 2.31. The largest absolute Gasteiger partial charge is 0.373 e. The molecule has 1 aromatic rings. The number of aromatic nitrogens is 2. The summed E-state index contributed by atoms with van der Waals surface area (Å²) >= 11 is 0. The molecule has 4 nitrogen and oxygen atoms in total. The zero-order valence-corrected chi connectivity index (χ0v) is 11.9. The molecule has 0 aliphatic heterocycles. The maximum Gasteiger partial charge on any atom is 0.134 e. The lowest BCUT2D eigenvalue weighted by atomic mass is 9.92. The van der Waals surface area contributed by atoms with Gasteiger partial charge in [0.2, 0.25) is 0 Å². The molecular weight excluding hydrogens is 224 g/mol. The Labute approximate surface area is 110 Å². The molecule has 0 aromatic carbocycles. The SMILES string of the molecule is CCc1c(NC)ncnc1NC1CCC(C)(C)C1. The predicted molar refractivity (Wildman–Crippen MR) is 76.0 cm³/mol. The van der Waals surface area contributed by atoms with E-state index in [1.807, 2.05) is 7.05 Å². The first-order valence-electron chi connectivity index (χ1n) is 6.84. The second-order valence-electron chi connectivity index (χ2n) is 5.90. The average Bonchev–Trinajstić information content (AvgIpc) is 2.68. The Hall–Kier alpha value is -1.32. The molecule has 1 heterocycles. The zero-order chi connectivity index (χ0) is 13.2. The van der Waals surface area contributed by atoms with Crippen molar-refractivity contribution in [2.24, 2.45) is 5.41 Å². The highest BCUT2D eigenvalue weighted by molar-refractivity contribution is 5.57. The van der Waals surface area contributed by atoms with Crippen molar-refractivity contribution in [2.45, 2.75) is 52.5 Å². The molecule has 2 rings (SSSR count). The van der Waals surface area contributed by atoms with Gasteiger partial charge in [0, 0.05) is 18.7 Å². The molecule has 18 heavy (non-hydrogen) atoms. The van der Waals surface area contributed by atoms with E-state index < -0.39 is 0 Å². The van der Waals surface area contributed by atoms with Crippen LogP contribution in [-0.2, 0) is 6.42 Å². The van der Waals surface area contributed by atoms with E-state index in [0.29, 0.717) is 11.5 Å². The van der Waals surface area contributed by atoms with Gasteiger partial charge in [0.1, 0.15) is 18.0 Å². The molecule has 100 valence electrons. The Kier molecular flexibility index (Phi) is 3.73. The molecule has 4 heteroatoms. The van der Waals surface area contributed by atoms with E-state index in [-0.39, 0.29) is 0 Å². The van der Waals surface area contributed by atoms with E-state index in [0.717, 1.165) is 18.1 Å². The van der Waals surface area contributed by atoms with E-state index in [2.05, 4.69) is 41.4 Å². The summed E-state index contributed by atoms with van der Waals surface area (Å²) in [7, 11) is 1.91. The molecule has 0 amide bonds. The molecule has 1 fully saturated rings. The van der Waals surface area contributed by atoms with Crippen LogP contribution in [-0.4, -0.2) is 23.1 Å². The van der Waals surface area contributed by atoms with Crippen LogP contribution >= 0.6 is 0 Å². The lowest BCUT2D eigenvalue weighted by molar-refractivity contribution is 0.378. The van der Waals surface area contributed by atoms with Gasteiger partial charge in [0.05, 0.1) is 0 Å². The van der Waals surface area contributed by atoms with Crippen LogP contribution in [0.5, 0.6) is 0 Å². The van der Waals surface area contributed by atoms with E-state index >= 15 is 0 Å². The van der Waals surface area contributed by atoms with Crippen LogP contribution in [0.1, 0.15) is 45.6 Å². The molecule has 1 atom stereocenters. The van der Waals surface area contributed by atoms with Gasteiger partial charge in [-0.25, -0.2) is 9.97 Å². The van der Waals surface area contributed by atoms with Crippen LogP contribution in [0.15, 0.2) is 6.33 Å². The van der Waals surface area contributed by atoms with Crippen molar-refractivity contribution in [3.8, 4) is 0 Å². The molecule has 1 aliphatic carbocycles. The molecule has 1 aromatic heterocycles. The van der Waals surface area contributed by atoms with Crippen molar-refractivity contribution in [1.82, 2.24) is 9.97 Å². The summed E-state index contributed by atoms with van der Waals surface area (Å²) < 4.78 is 0. The van der Waals surface area contributed by atoms with Gasteiger partial charge >= 0.3 is 0 Å². The second-order valence-corrected chi connectivity index (χ2v) is 5.90. The summed E-state index contributed by atoms with van der Waals surface area (Å²) in [6, 6.07) is 0.546. The molecule has 2 N–H and O–H groups in total. The number of rotatable bonds is 4. The summed E-state index contributed by atoms with van der Waals surface area (Å²) in [6.07, 6.45) is 6.31. The highest BCUT2D eigenvalue weighted by Crippen LogP contribution is 2.38. The third-order valence-electron chi connectivity index (χ3n) is 3.85. The summed E-state index contributed by atoms with van der Waals surface area (Å²) in [5.41, 5.74) is 1.65. The molecule has 0 bridgehead atoms. The second kappa shape index (κ2) is 5.12. The van der Waals surface area contributed by atoms with Crippen molar-refractivity contribution in [1.29, 1.82) is 0 Å². The smallest absolute Gasteiger partial charge is 0.134 e. The van der Waals surface area contributed by atoms with Gasteiger partial charge < -0.3 is 10.6 Å². The summed E-state index contributed by atoms with van der Waals surface area (Å²) in [4.78, 5) is 8.68. The Morgan fingerprint density at radius 1 is 1.33 bits per heavy atom. The van der Waals surface area contributed by atoms with Crippen molar-refractivity contribution >= 4 is 11.6 Å². The molecule has 0 radical (unpaired) electrons. The van der Waals surface area contributed by atoms with E-state index in [1.165, 1.54) is 24.8 Å². The van der Waals surface area contributed by atoms with Crippen LogP contribution in [0.25, 0.3) is 0 Å². The third-order valence-corrected chi connectivity index (χ3v) is 3.85. The molecular formula is C14H24N4. The monoisotopic (exact) mass is 248 g/mol. The Morgan fingerprint density at radius 2 is 2.06 bits per heavy atom. The van der Waals surface area contributed by atoms with Gasteiger partial charge in [-0.15, -0.1) is 0 Å². The van der Waals surface area contributed by atoms with Crippen LogP contribution in [0.2, 0.25) is 0 Å². The topological polar surface area (TPSA) is 49.8 Å². The fourth-order valence-electron chi connectivity index (χ4n) is 2.84. The normalized spacial score (nSPS) is 21.9. The minimum absolute atomic E-state index is 0.461. The van der Waals surface area contributed by atoms with Crippen LogP contribution in [0.4, 0.5) is 11.6 Å². The Bertz CT molecular complexity index is 414. The third kappa shape index (κ3) is 2.74. The zero-order valence-electron chi connectivity index (χ0n) is 11.9. The number of hydrogen-bond acceptors (Lipinski definition) is 4. The van der Waals surface area contributed by atoms with E-state index in [9.17, 15) is 0 Å². The van der Waals surface area contributed by atoms with Crippen molar-refractivity contribution in [3.63, 3.8) is 0 Å². The molecule has 0 spiro atoms. The van der Waals surface area contributed by atoms with E-state index in [1.54, 1.807) is 6.33 Å². The quantitative estimate of drug-likeness (QED) is 0.859. The van der Waals surface area contributed by atoms with Gasteiger partial charge in [-0.3, -0.25) is 0 Å². The van der Waals surface area contributed by atoms with E-state index in [4.69, 9.17) is 0 Å². The predicted octanol–water partition coefficient (Wildman–Crippen LogP) is 3.07. The molecule has 1 unspecified atom stereocenters. The minimum atomic E-state index is 0.461. The first kappa shape index (κ1) is 13.1. The maximum atomic E-state index is 4.41. The fraction of sp³-hybridized carbons (Fsp3) is 0.714. The Balaban J connectivity index is 2.14. The number of anilines is 2. The van der Waals surface area contributed by atoms with Gasteiger partial charge in [0.15, 0.2) is 0 Å². The first-order chi connectivity index (χ1) is 8.55. The van der Waals surface area contributed by atoms with Crippen molar-refractivity contribution in [3.05, 3.63) is 11.9 Å². The van der Waals surface area contributed by atoms with Gasteiger partial charge in [-0.1, -0.05) is 20.8 Å².